The van der Waals surface area contributed by atoms with Gasteiger partial charge in [-0.15, -0.1) is 0 Å². The number of hydrogen-bond acceptors (Lipinski definition) is 8. The van der Waals surface area contributed by atoms with Gasteiger partial charge >= 0.3 is 11.9 Å². The zero-order valence-corrected chi connectivity index (χ0v) is 48.5. The molecule has 428 valence electrons. The number of carboxylic acid groups (broad SMARTS) is 1. The number of likely N-dealkylation sites (N-methyl/N-ethyl adjacent to an activating group) is 1. The topological polar surface area (TPSA) is 111 Å². The van der Waals surface area contributed by atoms with Gasteiger partial charge in [0.1, 0.15) is 13.2 Å². The van der Waals surface area contributed by atoms with Crippen LogP contribution in [0.15, 0.2) is 182 Å². The van der Waals surface area contributed by atoms with Crippen molar-refractivity contribution in [3.05, 3.63) is 182 Å². The molecular weight excluding hydrogens is 959 g/mol. The lowest BCUT2D eigenvalue weighted by Crippen LogP contribution is -2.44. The fourth-order valence-electron chi connectivity index (χ4n) is 6.79. The molecule has 0 spiro atoms. The van der Waals surface area contributed by atoms with Crippen LogP contribution in [-0.2, 0) is 33.3 Å². The van der Waals surface area contributed by atoms with Crippen molar-refractivity contribution in [3.63, 3.8) is 0 Å². The van der Waals surface area contributed by atoms with Crippen molar-refractivity contribution < 1.29 is 42.9 Å². The Balaban J connectivity index is 4.29. The van der Waals surface area contributed by atoms with Crippen LogP contribution in [0.4, 0.5) is 0 Å². The first-order chi connectivity index (χ1) is 37.6. The Bertz CT molecular complexity index is 1910. The summed E-state index contributed by atoms with van der Waals surface area (Å²) in [5.74, 6) is -2.45. The molecule has 0 saturated heterocycles. The third-order valence-corrected chi connectivity index (χ3v) is 11.2. The van der Waals surface area contributed by atoms with Gasteiger partial charge in [-0.25, -0.2) is 0 Å². The molecule has 0 fully saturated rings. The predicted molar refractivity (Wildman–Crippen MR) is 324 cm³/mol. The molecule has 0 aliphatic carbocycles. The highest BCUT2D eigenvalue weighted by atomic mass is 16.7. The van der Waals surface area contributed by atoms with Gasteiger partial charge in [0, 0.05) is 12.8 Å². The van der Waals surface area contributed by atoms with E-state index in [4.69, 9.17) is 18.9 Å². The van der Waals surface area contributed by atoms with Crippen LogP contribution in [0.3, 0.4) is 0 Å². The van der Waals surface area contributed by atoms with Gasteiger partial charge < -0.3 is 33.3 Å². The molecule has 0 amide bonds. The normalized spacial score (nSPS) is 14.1. The second-order valence-electron chi connectivity index (χ2n) is 19.5. The number of quaternary nitrogens is 1. The van der Waals surface area contributed by atoms with Crippen LogP contribution < -0.4 is 5.11 Å². The maximum absolute atomic E-state index is 12.8. The molecule has 0 N–H and O–H groups in total. The van der Waals surface area contributed by atoms with Gasteiger partial charge in [-0.1, -0.05) is 215 Å². The van der Waals surface area contributed by atoms with Crippen LogP contribution in [0.25, 0.3) is 0 Å². The fraction of sp³-hybridized carbons (Fsp3) is 0.515. The van der Waals surface area contributed by atoms with E-state index >= 15 is 0 Å². The van der Waals surface area contributed by atoms with Crippen LogP contribution in [0.2, 0.25) is 0 Å². The highest BCUT2D eigenvalue weighted by Crippen LogP contribution is 2.11. The predicted octanol–water partition coefficient (Wildman–Crippen LogP) is 16.0. The fourth-order valence-corrected chi connectivity index (χ4v) is 6.79. The second kappa shape index (κ2) is 56.6. The van der Waals surface area contributed by atoms with Crippen LogP contribution in [-0.4, -0.2) is 82.3 Å². The number of carboxylic acids is 1. The third-order valence-electron chi connectivity index (χ3n) is 11.2. The Kier molecular flexibility index (Phi) is 52.5. The van der Waals surface area contributed by atoms with Gasteiger partial charge in [0.15, 0.2) is 12.4 Å². The summed E-state index contributed by atoms with van der Waals surface area (Å²) in [7, 11) is 5.87. The molecule has 0 aromatic rings. The molecule has 0 rings (SSSR count). The minimum Gasteiger partial charge on any atom is -0.545 e. The first-order valence-corrected chi connectivity index (χ1v) is 28.9. The van der Waals surface area contributed by atoms with Crippen molar-refractivity contribution in [3.8, 4) is 0 Å². The van der Waals surface area contributed by atoms with Crippen molar-refractivity contribution in [2.45, 2.75) is 180 Å². The Morgan fingerprint density at radius 1 is 0.390 bits per heavy atom. The van der Waals surface area contributed by atoms with E-state index < -0.39 is 30.3 Å². The minimum absolute atomic E-state index is 0.122. The molecule has 0 radical (unpaired) electrons. The smallest absolute Gasteiger partial charge is 0.306 e. The second-order valence-corrected chi connectivity index (χ2v) is 19.5. The Labute approximate surface area is 469 Å². The van der Waals surface area contributed by atoms with E-state index in [1.54, 1.807) is 0 Å². The molecule has 2 unspecified atom stereocenters. The van der Waals surface area contributed by atoms with E-state index in [9.17, 15) is 19.5 Å². The number of hydrogen-bond donors (Lipinski definition) is 0. The van der Waals surface area contributed by atoms with Crippen molar-refractivity contribution in [1.29, 1.82) is 0 Å². The van der Waals surface area contributed by atoms with Gasteiger partial charge in [-0.3, -0.25) is 9.59 Å². The van der Waals surface area contributed by atoms with E-state index in [1.165, 1.54) is 0 Å². The Hall–Kier alpha value is -5.61. The first kappa shape index (κ1) is 71.4. The largest absolute Gasteiger partial charge is 0.545 e. The molecule has 0 aliphatic rings. The van der Waals surface area contributed by atoms with Gasteiger partial charge in [0.05, 0.1) is 40.3 Å². The van der Waals surface area contributed by atoms with Crippen molar-refractivity contribution in [2.75, 3.05) is 47.5 Å². The van der Waals surface area contributed by atoms with Crippen LogP contribution in [0, 0.1) is 0 Å². The van der Waals surface area contributed by atoms with E-state index in [2.05, 4.69) is 184 Å². The van der Waals surface area contributed by atoms with E-state index in [1.807, 2.05) is 33.3 Å². The molecule has 0 bridgehead atoms. The SMILES string of the molecule is CC/C=C\C/C=C\C/C=C\C/C=C\C/C=C\C/C=C\C/C=C\C/C=C\C/C=C\C/C=C\C/C=C\CCCCCCCC(=O)OC(COC(=O)CC/C=C\C/C=C\C/C=C\C/C=C\CC)COC(OCC[N+](C)(C)C)C(=O)[O-]. The Morgan fingerprint density at radius 2 is 0.727 bits per heavy atom. The lowest BCUT2D eigenvalue weighted by atomic mass is 10.1. The molecule has 2 atom stereocenters. The highest BCUT2D eigenvalue weighted by Gasteiger charge is 2.21. The standard InChI is InChI=1S/C68H103NO8/c1-6-8-10-12-14-16-18-20-21-22-23-24-25-26-27-28-29-30-31-32-33-34-35-36-37-38-39-40-41-42-43-44-45-47-49-51-53-55-57-59-66(71)77-64(63-76-68(67(72)73)74-61-60-69(3,4)5)62-75-65(70)58-56-54-52-50-48-46-19-17-15-13-11-9-7-2/h8-11,14-17,20-21,23-24,26-27,29-30,32-33,35-36,38-39,41-42,44-46,48,52,54,64,68H,6-7,12-13,18-19,22,25,28,31,34,37,40,43,47,49-51,53,55-63H2,1-5H3/b10-8-,11-9-,16-14-,17-15-,21-20-,24-23-,27-26-,30-29-,33-32-,36-35-,39-38-,42-41-,45-44-,48-46-,54-52-. The van der Waals surface area contributed by atoms with E-state index in [0.717, 1.165) is 128 Å². The molecular formula is C68H103NO8. The van der Waals surface area contributed by atoms with Crippen LogP contribution in [0.5, 0.6) is 0 Å². The summed E-state index contributed by atoms with van der Waals surface area (Å²) in [5, 5.41) is 11.7. The molecule has 9 nitrogen and oxygen atoms in total. The monoisotopic (exact) mass is 1060 g/mol. The first-order valence-electron chi connectivity index (χ1n) is 28.9. The van der Waals surface area contributed by atoms with Crippen LogP contribution in [0.1, 0.15) is 168 Å². The van der Waals surface area contributed by atoms with Crippen LogP contribution >= 0.6 is 0 Å². The molecule has 0 heterocycles. The number of aliphatic carboxylic acids is 1. The number of nitrogens with zero attached hydrogens (tertiary/aromatic N) is 1. The molecule has 0 aromatic carbocycles. The average Bonchev–Trinajstić information content (AvgIpc) is 3.40. The summed E-state index contributed by atoms with van der Waals surface area (Å²) in [5.41, 5.74) is 0. The van der Waals surface area contributed by atoms with Gasteiger partial charge in [-0.2, -0.15) is 0 Å². The molecule has 9 heteroatoms. The molecule has 0 aromatic heterocycles. The number of esters is 2. The minimum atomic E-state index is -1.65. The summed E-state index contributed by atoms with van der Waals surface area (Å²) >= 11 is 0. The van der Waals surface area contributed by atoms with Crippen molar-refractivity contribution in [1.82, 2.24) is 0 Å². The number of rotatable bonds is 50. The Morgan fingerprint density at radius 3 is 1.09 bits per heavy atom. The summed E-state index contributed by atoms with van der Waals surface area (Å²) < 4.78 is 22.5. The summed E-state index contributed by atoms with van der Waals surface area (Å²) in [6.45, 7) is 4.36. The van der Waals surface area contributed by atoms with Gasteiger partial charge in [0.25, 0.3) is 0 Å². The van der Waals surface area contributed by atoms with E-state index in [0.29, 0.717) is 23.9 Å². The number of ether oxygens (including phenoxy) is 4. The highest BCUT2D eigenvalue weighted by molar-refractivity contribution is 5.70. The number of carbonyl (C=O) groups is 3. The zero-order chi connectivity index (χ0) is 56.2. The van der Waals surface area contributed by atoms with Crippen molar-refractivity contribution in [2.24, 2.45) is 0 Å². The number of carbonyl (C=O) groups excluding carboxylic acids is 3. The number of unbranched alkanes of at least 4 members (excludes halogenated alkanes) is 5. The zero-order valence-electron chi connectivity index (χ0n) is 48.5. The average molecular weight is 1060 g/mol. The quantitative estimate of drug-likeness (QED) is 0.0195. The van der Waals surface area contributed by atoms with Gasteiger partial charge in [-0.05, 0) is 122 Å². The molecule has 0 aliphatic heterocycles. The summed E-state index contributed by atoms with van der Waals surface area (Å²) in [6.07, 6.45) is 84.0. The molecule has 77 heavy (non-hydrogen) atoms. The maximum atomic E-state index is 12.8. The maximum Gasteiger partial charge on any atom is 0.306 e. The van der Waals surface area contributed by atoms with E-state index in [-0.39, 0.29) is 32.7 Å². The lowest BCUT2D eigenvalue weighted by Gasteiger charge is -2.26. The van der Waals surface area contributed by atoms with Gasteiger partial charge in [0.2, 0.25) is 0 Å². The number of allylic oxidation sites excluding steroid dienone is 30. The summed E-state index contributed by atoms with van der Waals surface area (Å²) in [6, 6.07) is 0. The van der Waals surface area contributed by atoms with Crippen molar-refractivity contribution >= 4 is 17.9 Å². The lowest BCUT2D eigenvalue weighted by molar-refractivity contribution is -0.870. The third kappa shape index (κ3) is 57.9. The summed E-state index contributed by atoms with van der Waals surface area (Å²) in [4.78, 5) is 37.1. The molecule has 0 saturated carbocycles.